The molecule has 0 saturated heterocycles. The van der Waals surface area contributed by atoms with Crippen molar-refractivity contribution in [1.82, 2.24) is 5.32 Å². The lowest BCUT2D eigenvalue weighted by molar-refractivity contribution is -0.141. The third-order valence-electron chi connectivity index (χ3n) is 3.29. The summed E-state index contributed by atoms with van der Waals surface area (Å²) in [4.78, 5) is 11.3. The number of rotatable bonds is 6. The predicted molar refractivity (Wildman–Crippen MR) is 71.4 cm³/mol. The minimum atomic E-state index is -0.143. The summed E-state index contributed by atoms with van der Waals surface area (Å²) in [6.45, 7) is 0.759. The second kappa shape index (κ2) is 6.21. The van der Waals surface area contributed by atoms with E-state index in [1.165, 1.54) is 25.5 Å². The molecule has 1 atom stereocenters. The SMILES string of the molecule is COC(=O)CC(NCc1ccc(Cl)cc1)C1CC1. The van der Waals surface area contributed by atoms with Gasteiger partial charge in [0.15, 0.2) is 0 Å². The highest BCUT2D eigenvalue weighted by molar-refractivity contribution is 6.30. The van der Waals surface area contributed by atoms with Crippen LogP contribution >= 0.6 is 11.6 Å². The molecule has 1 saturated carbocycles. The summed E-state index contributed by atoms with van der Waals surface area (Å²) in [6.07, 6.45) is 2.86. The standard InChI is InChI=1S/C14H18ClNO2/c1-18-14(17)8-13(11-4-5-11)16-9-10-2-6-12(15)7-3-10/h2-3,6-7,11,13,16H,4-5,8-9H2,1H3. The molecule has 2 rings (SSSR count). The van der Waals surface area contributed by atoms with Gasteiger partial charge in [0.25, 0.3) is 0 Å². The van der Waals surface area contributed by atoms with Crippen LogP contribution in [0.1, 0.15) is 24.8 Å². The number of esters is 1. The largest absolute Gasteiger partial charge is 0.469 e. The zero-order valence-electron chi connectivity index (χ0n) is 10.5. The molecule has 0 spiro atoms. The second-order valence-corrected chi connectivity index (χ2v) is 5.17. The highest BCUT2D eigenvalue weighted by atomic mass is 35.5. The molecule has 0 aliphatic heterocycles. The number of carbonyl (C=O) groups excluding carboxylic acids is 1. The summed E-state index contributed by atoms with van der Waals surface area (Å²) >= 11 is 5.84. The first kappa shape index (κ1) is 13.4. The first-order valence-electron chi connectivity index (χ1n) is 6.23. The Labute approximate surface area is 112 Å². The van der Waals surface area contributed by atoms with Crippen LogP contribution in [0.5, 0.6) is 0 Å². The number of benzene rings is 1. The van der Waals surface area contributed by atoms with Crippen molar-refractivity contribution in [2.24, 2.45) is 5.92 Å². The van der Waals surface area contributed by atoms with E-state index < -0.39 is 0 Å². The van der Waals surface area contributed by atoms with Gasteiger partial charge in [-0.15, -0.1) is 0 Å². The fraction of sp³-hybridized carbons (Fsp3) is 0.500. The Bertz CT molecular complexity index is 401. The first-order chi connectivity index (χ1) is 8.69. The van der Waals surface area contributed by atoms with Crippen LogP contribution in [0, 0.1) is 5.92 Å². The van der Waals surface area contributed by atoms with Crippen LogP contribution in [0.3, 0.4) is 0 Å². The van der Waals surface area contributed by atoms with Gasteiger partial charge in [0.1, 0.15) is 0 Å². The topological polar surface area (TPSA) is 38.3 Å². The van der Waals surface area contributed by atoms with E-state index in [1.54, 1.807) is 0 Å². The summed E-state index contributed by atoms with van der Waals surface area (Å²) in [5.41, 5.74) is 1.18. The van der Waals surface area contributed by atoms with Crippen molar-refractivity contribution in [1.29, 1.82) is 0 Å². The number of ether oxygens (including phenoxy) is 1. The smallest absolute Gasteiger partial charge is 0.307 e. The van der Waals surface area contributed by atoms with E-state index >= 15 is 0 Å². The van der Waals surface area contributed by atoms with Crippen LogP contribution in [-0.2, 0) is 16.1 Å². The lowest BCUT2D eigenvalue weighted by Gasteiger charge is -2.17. The number of halogens is 1. The number of carbonyl (C=O) groups is 1. The molecular formula is C14H18ClNO2. The molecule has 1 unspecified atom stereocenters. The average molecular weight is 268 g/mol. The second-order valence-electron chi connectivity index (χ2n) is 4.73. The molecular weight excluding hydrogens is 250 g/mol. The highest BCUT2D eigenvalue weighted by Gasteiger charge is 2.32. The van der Waals surface area contributed by atoms with Gasteiger partial charge in [-0.3, -0.25) is 4.79 Å². The number of nitrogens with one attached hydrogen (secondary N) is 1. The maximum Gasteiger partial charge on any atom is 0.307 e. The van der Waals surface area contributed by atoms with Gasteiger partial charge in [0.05, 0.1) is 13.5 Å². The lowest BCUT2D eigenvalue weighted by atomic mass is 10.1. The number of hydrogen-bond donors (Lipinski definition) is 1. The Kier molecular flexibility index (Phi) is 4.61. The van der Waals surface area contributed by atoms with Gasteiger partial charge in [-0.2, -0.15) is 0 Å². The van der Waals surface area contributed by atoms with E-state index in [2.05, 4.69) is 5.32 Å². The van der Waals surface area contributed by atoms with Gasteiger partial charge in [0.2, 0.25) is 0 Å². The van der Waals surface area contributed by atoms with Crippen LogP contribution in [0.4, 0.5) is 0 Å². The monoisotopic (exact) mass is 267 g/mol. The third kappa shape index (κ3) is 4.00. The van der Waals surface area contributed by atoms with Gasteiger partial charge in [-0.05, 0) is 36.5 Å². The summed E-state index contributed by atoms with van der Waals surface area (Å²) < 4.78 is 4.73. The molecule has 1 aliphatic rings. The molecule has 18 heavy (non-hydrogen) atoms. The van der Waals surface area contributed by atoms with Crippen molar-refractivity contribution in [3.63, 3.8) is 0 Å². The molecule has 4 heteroatoms. The molecule has 1 aromatic carbocycles. The summed E-state index contributed by atoms with van der Waals surface area (Å²) in [5.74, 6) is 0.479. The number of hydrogen-bond acceptors (Lipinski definition) is 3. The molecule has 0 amide bonds. The van der Waals surface area contributed by atoms with E-state index in [-0.39, 0.29) is 12.0 Å². The maximum absolute atomic E-state index is 11.3. The molecule has 0 aromatic heterocycles. The Morgan fingerprint density at radius 2 is 2.11 bits per heavy atom. The fourth-order valence-corrected chi connectivity index (χ4v) is 2.14. The van der Waals surface area contributed by atoms with E-state index in [9.17, 15) is 4.79 Å². The van der Waals surface area contributed by atoms with Gasteiger partial charge in [-0.1, -0.05) is 23.7 Å². The van der Waals surface area contributed by atoms with Crippen molar-refractivity contribution < 1.29 is 9.53 Å². The van der Waals surface area contributed by atoms with Gasteiger partial charge in [-0.25, -0.2) is 0 Å². The van der Waals surface area contributed by atoms with Crippen LogP contribution in [-0.4, -0.2) is 19.1 Å². The molecule has 1 aliphatic carbocycles. The van der Waals surface area contributed by atoms with Crippen molar-refractivity contribution in [2.75, 3.05) is 7.11 Å². The van der Waals surface area contributed by atoms with Crippen LogP contribution in [0.25, 0.3) is 0 Å². The summed E-state index contributed by atoms with van der Waals surface area (Å²) in [7, 11) is 1.44. The Balaban J connectivity index is 1.85. The summed E-state index contributed by atoms with van der Waals surface area (Å²) in [5, 5.41) is 4.18. The maximum atomic E-state index is 11.3. The van der Waals surface area contributed by atoms with Crippen LogP contribution in [0.2, 0.25) is 5.02 Å². The lowest BCUT2D eigenvalue weighted by Crippen LogP contribution is -2.33. The molecule has 1 fully saturated rings. The van der Waals surface area contributed by atoms with Gasteiger partial charge in [0, 0.05) is 17.6 Å². The molecule has 0 heterocycles. The molecule has 0 radical (unpaired) electrons. The quantitative estimate of drug-likeness (QED) is 0.806. The Morgan fingerprint density at radius 3 is 2.67 bits per heavy atom. The Hall–Kier alpha value is -1.06. The molecule has 1 N–H and O–H groups in total. The molecule has 0 bridgehead atoms. The van der Waals surface area contributed by atoms with E-state index in [0.29, 0.717) is 12.3 Å². The molecule has 98 valence electrons. The van der Waals surface area contributed by atoms with Crippen molar-refractivity contribution in [3.8, 4) is 0 Å². The first-order valence-corrected chi connectivity index (χ1v) is 6.61. The van der Waals surface area contributed by atoms with Gasteiger partial charge < -0.3 is 10.1 Å². The van der Waals surface area contributed by atoms with Crippen molar-refractivity contribution in [2.45, 2.75) is 31.8 Å². The van der Waals surface area contributed by atoms with E-state index in [0.717, 1.165) is 11.6 Å². The predicted octanol–water partition coefficient (Wildman–Crippen LogP) is 2.77. The van der Waals surface area contributed by atoms with Crippen LogP contribution in [0.15, 0.2) is 24.3 Å². The van der Waals surface area contributed by atoms with E-state index in [1.807, 2.05) is 24.3 Å². The normalized spacial score (nSPS) is 16.3. The van der Waals surface area contributed by atoms with Gasteiger partial charge >= 0.3 is 5.97 Å². The molecule has 3 nitrogen and oxygen atoms in total. The zero-order chi connectivity index (χ0) is 13.0. The molecule has 1 aromatic rings. The van der Waals surface area contributed by atoms with E-state index in [4.69, 9.17) is 16.3 Å². The third-order valence-corrected chi connectivity index (χ3v) is 3.54. The van der Waals surface area contributed by atoms with Crippen LogP contribution < -0.4 is 5.32 Å². The highest BCUT2D eigenvalue weighted by Crippen LogP contribution is 2.34. The Morgan fingerprint density at radius 1 is 1.44 bits per heavy atom. The minimum Gasteiger partial charge on any atom is -0.469 e. The van der Waals surface area contributed by atoms with Crippen molar-refractivity contribution in [3.05, 3.63) is 34.9 Å². The minimum absolute atomic E-state index is 0.143. The zero-order valence-corrected chi connectivity index (χ0v) is 11.2. The average Bonchev–Trinajstić information content (AvgIpc) is 3.20. The summed E-state index contributed by atoms with van der Waals surface area (Å²) in [6, 6.07) is 7.98. The number of methoxy groups -OCH3 is 1. The fourth-order valence-electron chi connectivity index (χ4n) is 2.02. The van der Waals surface area contributed by atoms with Crippen molar-refractivity contribution >= 4 is 17.6 Å².